The number of esters is 1. The summed E-state index contributed by atoms with van der Waals surface area (Å²) in [7, 11) is 5.29. The minimum Gasteiger partial charge on any atom is -0.460 e. The van der Waals surface area contributed by atoms with Crippen molar-refractivity contribution >= 4 is 11.7 Å². The number of nitrogens with one attached hydrogen (secondary N) is 1. The number of likely N-dealkylation sites (N-methyl/N-ethyl adjacent to an activating group) is 2. The van der Waals surface area contributed by atoms with E-state index in [1.807, 2.05) is 41.7 Å². The highest BCUT2D eigenvalue weighted by Crippen LogP contribution is 2.40. The first-order valence-electron chi connectivity index (χ1n) is 19.4. The standard InChI is InChI=1S/C39H71N3O11/c1-15-29-26(8)42(13)20-22(4)31(41-48-16-2)21(3)18-38(10,46)35(53-37-32(43)28(40-12)17-23(5)49-37)24(6)33(25(7)36(45)51-29)52-30-19-39(11,47-14)34(44)27(9)50-30/h16,21-30,32-35,37,40,43-44,46H,2,15,17-20H2,1,3-14H3/b41-31+/t21-,22?,23-,24+,25-,26?,27+,28+,29?,30+,32-,33?,34+,35-,37+,38+,39-/m1/s1. The van der Waals surface area contributed by atoms with E-state index in [4.69, 9.17) is 33.3 Å². The van der Waals surface area contributed by atoms with Crippen LogP contribution in [-0.2, 0) is 38.1 Å². The summed E-state index contributed by atoms with van der Waals surface area (Å²) >= 11 is 0. The maximum atomic E-state index is 14.2. The molecule has 3 rings (SSSR count). The van der Waals surface area contributed by atoms with E-state index < -0.39 is 78.2 Å². The zero-order valence-corrected chi connectivity index (χ0v) is 34.5. The van der Waals surface area contributed by atoms with Gasteiger partial charge in [0.05, 0.1) is 47.2 Å². The molecule has 4 unspecified atom stereocenters. The normalized spacial score (nSPS) is 46.6. The molecule has 0 aromatic carbocycles. The van der Waals surface area contributed by atoms with Gasteiger partial charge in [-0.2, -0.15) is 0 Å². The Kier molecular flexibility index (Phi) is 16.7. The van der Waals surface area contributed by atoms with Gasteiger partial charge >= 0.3 is 5.97 Å². The van der Waals surface area contributed by atoms with Gasteiger partial charge in [0, 0.05) is 49.9 Å². The Balaban J connectivity index is 2.21. The number of cyclic esters (lactones) is 1. The van der Waals surface area contributed by atoms with Crippen molar-refractivity contribution in [2.45, 2.75) is 174 Å². The number of hydrogen-bond acceptors (Lipinski definition) is 14. The molecule has 3 heterocycles. The van der Waals surface area contributed by atoms with E-state index in [1.165, 1.54) is 13.4 Å². The Labute approximate surface area is 317 Å². The first-order chi connectivity index (χ1) is 24.7. The third kappa shape index (κ3) is 11.0. The lowest BCUT2D eigenvalue weighted by Crippen LogP contribution is -2.60. The van der Waals surface area contributed by atoms with Crippen LogP contribution in [-0.4, -0.2) is 138 Å². The number of carbonyl (C=O) groups excluding carboxylic acids is 1. The van der Waals surface area contributed by atoms with Gasteiger partial charge in [-0.25, -0.2) is 0 Å². The van der Waals surface area contributed by atoms with E-state index in [-0.39, 0.29) is 42.9 Å². The SMILES string of the molecule is C=CO/N=C1/C(C)CN(C)C(C)C(CC)OC(=O)[C@H](C)C(O[C@H]2C[C@@](C)(OC)[C@@H](O)[C@H](C)O2)[C@H](C)[C@@H](O[C@@H]2O[C@H](C)C[C@H](NC)[C@H]2O)[C@@](C)(O)C[C@H]1C. The van der Waals surface area contributed by atoms with Crippen molar-refractivity contribution in [2.75, 3.05) is 27.7 Å². The third-order valence-electron chi connectivity index (χ3n) is 12.0. The van der Waals surface area contributed by atoms with E-state index in [2.05, 4.69) is 28.9 Å². The highest BCUT2D eigenvalue weighted by atomic mass is 16.7. The zero-order chi connectivity index (χ0) is 40.0. The van der Waals surface area contributed by atoms with Crippen molar-refractivity contribution in [1.29, 1.82) is 0 Å². The second kappa shape index (κ2) is 19.4. The molecular weight excluding hydrogens is 686 g/mol. The number of aliphatic hydroxyl groups is 3. The Morgan fingerprint density at radius 2 is 1.72 bits per heavy atom. The second-order valence-electron chi connectivity index (χ2n) is 16.4. The highest BCUT2D eigenvalue weighted by molar-refractivity contribution is 5.88. The highest BCUT2D eigenvalue weighted by Gasteiger charge is 2.51. The van der Waals surface area contributed by atoms with Crippen molar-refractivity contribution in [3.63, 3.8) is 0 Å². The van der Waals surface area contributed by atoms with Crippen LogP contribution in [0, 0.1) is 23.7 Å². The molecule has 17 atom stereocenters. The van der Waals surface area contributed by atoms with Crippen LogP contribution in [0.3, 0.4) is 0 Å². The molecule has 0 spiro atoms. The average Bonchev–Trinajstić information content (AvgIpc) is 3.10. The molecule has 0 aliphatic carbocycles. The Morgan fingerprint density at radius 3 is 2.30 bits per heavy atom. The summed E-state index contributed by atoms with van der Waals surface area (Å²) < 4.78 is 37.9. The minimum atomic E-state index is -1.60. The monoisotopic (exact) mass is 758 g/mol. The molecule has 3 aliphatic heterocycles. The quantitative estimate of drug-likeness (QED) is 0.153. The van der Waals surface area contributed by atoms with E-state index in [1.54, 1.807) is 34.7 Å². The molecule has 308 valence electrons. The van der Waals surface area contributed by atoms with E-state index in [0.717, 1.165) is 5.71 Å². The van der Waals surface area contributed by atoms with Gasteiger partial charge in [-0.1, -0.05) is 39.4 Å². The van der Waals surface area contributed by atoms with Gasteiger partial charge in [0.25, 0.3) is 0 Å². The fraction of sp³-hybridized carbons (Fsp3) is 0.897. The molecular formula is C39H71N3O11. The minimum absolute atomic E-state index is 0.116. The molecule has 4 N–H and O–H groups in total. The predicted octanol–water partition coefficient (Wildman–Crippen LogP) is 3.60. The maximum absolute atomic E-state index is 14.2. The molecule has 53 heavy (non-hydrogen) atoms. The van der Waals surface area contributed by atoms with Crippen LogP contribution < -0.4 is 5.32 Å². The predicted molar refractivity (Wildman–Crippen MR) is 201 cm³/mol. The summed E-state index contributed by atoms with van der Waals surface area (Å²) in [5, 5.41) is 42.7. The fourth-order valence-electron chi connectivity index (χ4n) is 8.57. The van der Waals surface area contributed by atoms with E-state index in [9.17, 15) is 20.1 Å². The number of methoxy groups -OCH3 is 1. The summed E-state index contributed by atoms with van der Waals surface area (Å²) in [5.41, 5.74) is -1.87. The summed E-state index contributed by atoms with van der Waals surface area (Å²) in [6.07, 6.45) is -4.55. The number of nitrogens with zero attached hydrogens (tertiary/aromatic N) is 2. The third-order valence-corrected chi connectivity index (χ3v) is 12.0. The first-order valence-corrected chi connectivity index (χ1v) is 19.4. The van der Waals surface area contributed by atoms with Crippen LogP contribution >= 0.6 is 0 Å². The Hall–Kier alpha value is -1.72. The van der Waals surface area contributed by atoms with Gasteiger partial charge in [-0.05, 0) is 74.9 Å². The molecule has 0 amide bonds. The number of rotatable bonds is 9. The van der Waals surface area contributed by atoms with Gasteiger partial charge in [-0.15, -0.1) is 0 Å². The van der Waals surface area contributed by atoms with Crippen molar-refractivity contribution in [1.82, 2.24) is 10.2 Å². The lowest BCUT2D eigenvalue weighted by Gasteiger charge is -2.48. The number of oxime groups is 1. The van der Waals surface area contributed by atoms with Crippen molar-refractivity contribution in [3.05, 3.63) is 12.8 Å². The molecule has 3 fully saturated rings. The molecule has 0 bridgehead atoms. The van der Waals surface area contributed by atoms with Crippen molar-refractivity contribution < 1.29 is 53.4 Å². The van der Waals surface area contributed by atoms with Crippen LogP contribution in [0.5, 0.6) is 0 Å². The van der Waals surface area contributed by atoms with Gasteiger partial charge in [0.2, 0.25) is 0 Å². The largest absolute Gasteiger partial charge is 0.460 e. The number of ether oxygens (including phenoxy) is 6. The maximum Gasteiger partial charge on any atom is 0.311 e. The molecule has 14 nitrogen and oxygen atoms in total. The van der Waals surface area contributed by atoms with Gasteiger partial charge in [0.1, 0.15) is 24.6 Å². The van der Waals surface area contributed by atoms with E-state index in [0.29, 0.717) is 19.4 Å². The summed E-state index contributed by atoms with van der Waals surface area (Å²) in [6.45, 7) is 23.0. The van der Waals surface area contributed by atoms with Crippen LogP contribution in [0.25, 0.3) is 0 Å². The molecule has 3 aliphatic rings. The molecule has 14 heteroatoms. The summed E-state index contributed by atoms with van der Waals surface area (Å²) in [4.78, 5) is 21.8. The topological polar surface area (TPSA) is 170 Å². The van der Waals surface area contributed by atoms with Gasteiger partial charge in [0.15, 0.2) is 12.6 Å². The Morgan fingerprint density at radius 1 is 1.06 bits per heavy atom. The molecule has 0 aromatic heterocycles. The van der Waals surface area contributed by atoms with Crippen LogP contribution in [0.1, 0.15) is 94.9 Å². The van der Waals surface area contributed by atoms with Crippen LogP contribution in [0.2, 0.25) is 0 Å². The summed E-state index contributed by atoms with van der Waals surface area (Å²) in [5.74, 6) is -2.47. The zero-order valence-electron chi connectivity index (χ0n) is 34.5. The molecule has 0 radical (unpaired) electrons. The van der Waals surface area contributed by atoms with E-state index >= 15 is 0 Å². The number of carbonyl (C=O) groups is 1. The molecule has 3 saturated heterocycles. The smallest absolute Gasteiger partial charge is 0.311 e. The number of aliphatic hydroxyl groups excluding tert-OH is 2. The Bertz CT molecular complexity index is 1210. The second-order valence-corrected chi connectivity index (χ2v) is 16.4. The van der Waals surface area contributed by atoms with Gasteiger partial charge in [-0.3, -0.25) is 9.69 Å². The molecule has 0 saturated carbocycles. The average molecular weight is 758 g/mol. The van der Waals surface area contributed by atoms with Crippen molar-refractivity contribution in [3.8, 4) is 0 Å². The van der Waals surface area contributed by atoms with Gasteiger partial charge < -0.3 is 53.9 Å². The fourth-order valence-corrected chi connectivity index (χ4v) is 8.57. The first kappa shape index (κ1) is 45.7. The number of hydrogen-bond donors (Lipinski definition) is 4. The van der Waals surface area contributed by atoms with Crippen LogP contribution in [0.4, 0.5) is 0 Å². The summed E-state index contributed by atoms with van der Waals surface area (Å²) in [6, 6.07) is -0.461. The van der Waals surface area contributed by atoms with Crippen LogP contribution in [0.15, 0.2) is 18.0 Å². The van der Waals surface area contributed by atoms with Crippen molar-refractivity contribution in [2.24, 2.45) is 28.8 Å². The lowest BCUT2D eigenvalue weighted by atomic mass is 9.76. The molecule has 0 aromatic rings. The lowest BCUT2D eigenvalue weighted by molar-refractivity contribution is -0.315.